The van der Waals surface area contributed by atoms with Crippen LogP contribution in [0, 0.1) is 5.92 Å². The van der Waals surface area contributed by atoms with Crippen molar-refractivity contribution in [1.29, 1.82) is 0 Å². The van der Waals surface area contributed by atoms with Gasteiger partial charge in [-0.3, -0.25) is 4.79 Å². The number of halogens is 1. The number of ether oxygens (including phenoxy) is 1. The number of benzene rings is 1. The molecule has 1 aromatic rings. The number of hydrogen-bond donors (Lipinski definition) is 1. The van der Waals surface area contributed by atoms with Crippen LogP contribution in [0.2, 0.25) is 5.02 Å². The Hall–Kier alpha value is -1.55. The summed E-state index contributed by atoms with van der Waals surface area (Å²) in [4.78, 5) is 22.0. The SMILES string of the molecule is CC(C)C(=O)c1ccc(OCC(=O)O)cc1Cl. The molecule has 0 aliphatic rings. The topological polar surface area (TPSA) is 63.6 Å². The lowest BCUT2D eigenvalue weighted by Crippen LogP contribution is -2.10. The Morgan fingerprint density at radius 3 is 2.53 bits per heavy atom. The lowest BCUT2D eigenvalue weighted by molar-refractivity contribution is -0.139. The minimum atomic E-state index is -1.07. The minimum absolute atomic E-state index is 0.0558. The van der Waals surface area contributed by atoms with Gasteiger partial charge in [-0.05, 0) is 18.2 Å². The minimum Gasteiger partial charge on any atom is -0.482 e. The van der Waals surface area contributed by atoms with E-state index in [0.29, 0.717) is 11.3 Å². The molecule has 0 spiro atoms. The predicted molar refractivity (Wildman–Crippen MR) is 63.8 cm³/mol. The molecule has 0 heterocycles. The van der Waals surface area contributed by atoms with Crippen LogP contribution in [0.1, 0.15) is 24.2 Å². The fourth-order valence-corrected chi connectivity index (χ4v) is 1.51. The first kappa shape index (κ1) is 13.5. The van der Waals surface area contributed by atoms with E-state index in [-0.39, 0.29) is 16.7 Å². The molecule has 0 atom stereocenters. The first-order valence-corrected chi connectivity index (χ1v) is 5.48. The van der Waals surface area contributed by atoms with Crippen LogP contribution in [0.25, 0.3) is 0 Å². The molecule has 17 heavy (non-hydrogen) atoms. The Morgan fingerprint density at radius 1 is 1.41 bits per heavy atom. The number of aliphatic carboxylic acids is 1. The van der Waals surface area contributed by atoms with Crippen molar-refractivity contribution in [2.45, 2.75) is 13.8 Å². The van der Waals surface area contributed by atoms with Gasteiger partial charge >= 0.3 is 5.97 Å². The van der Waals surface area contributed by atoms with Gasteiger partial charge in [-0.1, -0.05) is 25.4 Å². The van der Waals surface area contributed by atoms with Gasteiger partial charge in [0.25, 0.3) is 0 Å². The molecule has 0 aliphatic carbocycles. The maximum Gasteiger partial charge on any atom is 0.341 e. The summed E-state index contributed by atoms with van der Waals surface area (Å²) in [6.07, 6.45) is 0. The molecule has 0 fully saturated rings. The zero-order valence-electron chi connectivity index (χ0n) is 9.57. The molecule has 92 valence electrons. The highest BCUT2D eigenvalue weighted by atomic mass is 35.5. The maximum absolute atomic E-state index is 11.7. The summed E-state index contributed by atoms with van der Waals surface area (Å²) in [5.74, 6) is -0.931. The quantitative estimate of drug-likeness (QED) is 0.823. The summed E-state index contributed by atoms with van der Waals surface area (Å²) in [5, 5.41) is 8.72. The van der Waals surface area contributed by atoms with Crippen LogP contribution in [0.3, 0.4) is 0 Å². The fraction of sp³-hybridized carbons (Fsp3) is 0.333. The summed E-state index contributed by atoms with van der Waals surface area (Å²) < 4.78 is 4.95. The normalized spacial score (nSPS) is 10.4. The van der Waals surface area contributed by atoms with Crippen LogP contribution in [0.15, 0.2) is 18.2 Å². The summed E-state index contributed by atoms with van der Waals surface area (Å²) >= 11 is 5.94. The van der Waals surface area contributed by atoms with Crippen LogP contribution >= 0.6 is 11.6 Å². The van der Waals surface area contributed by atoms with Gasteiger partial charge in [0.05, 0.1) is 5.02 Å². The largest absolute Gasteiger partial charge is 0.482 e. The summed E-state index contributed by atoms with van der Waals surface area (Å²) in [5.41, 5.74) is 0.421. The van der Waals surface area contributed by atoms with Crippen LogP contribution in [0.4, 0.5) is 0 Å². The second-order valence-electron chi connectivity index (χ2n) is 3.84. The molecular weight excluding hydrogens is 244 g/mol. The fourth-order valence-electron chi connectivity index (χ4n) is 1.24. The van der Waals surface area contributed by atoms with Crippen molar-refractivity contribution in [2.24, 2.45) is 5.92 Å². The molecule has 1 rings (SSSR count). The van der Waals surface area contributed by atoms with Crippen LogP contribution in [0.5, 0.6) is 5.75 Å². The van der Waals surface area contributed by atoms with Gasteiger partial charge in [-0.25, -0.2) is 4.79 Å². The third kappa shape index (κ3) is 3.75. The monoisotopic (exact) mass is 256 g/mol. The number of carboxylic acid groups (broad SMARTS) is 1. The number of carbonyl (C=O) groups excluding carboxylic acids is 1. The number of rotatable bonds is 5. The van der Waals surface area contributed by atoms with Gasteiger partial charge in [0, 0.05) is 11.5 Å². The van der Waals surface area contributed by atoms with Crippen molar-refractivity contribution in [3.63, 3.8) is 0 Å². The molecule has 0 aromatic heterocycles. The molecular formula is C12H13ClO4. The van der Waals surface area contributed by atoms with Gasteiger partial charge in [0.15, 0.2) is 12.4 Å². The number of Topliss-reactive ketones (excluding diaryl/α,β-unsaturated/α-hetero) is 1. The first-order valence-electron chi connectivity index (χ1n) is 5.10. The highest BCUT2D eigenvalue weighted by Crippen LogP contribution is 2.24. The highest BCUT2D eigenvalue weighted by Gasteiger charge is 2.14. The third-order valence-corrected chi connectivity index (χ3v) is 2.41. The van der Waals surface area contributed by atoms with E-state index in [9.17, 15) is 9.59 Å². The number of hydrogen-bond acceptors (Lipinski definition) is 3. The van der Waals surface area contributed by atoms with Crippen LogP contribution in [-0.4, -0.2) is 23.5 Å². The van der Waals surface area contributed by atoms with E-state index in [1.54, 1.807) is 19.9 Å². The van der Waals surface area contributed by atoms with Crippen molar-refractivity contribution in [2.75, 3.05) is 6.61 Å². The third-order valence-electron chi connectivity index (χ3n) is 2.09. The smallest absolute Gasteiger partial charge is 0.341 e. The predicted octanol–water partition coefficient (Wildman–Crippen LogP) is 2.64. The van der Waals surface area contributed by atoms with Crippen molar-refractivity contribution >= 4 is 23.4 Å². The molecule has 5 heteroatoms. The van der Waals surface area contributed by atoms with E-state index in [4.69, 9.17) is 21.4 Å². The van der Waals surface area contributed by atoms with Gasteiger partial charge < -0.3 is 9.84 Å². The van der Waals surface area contributed by atoms with Crippen LogP contribution in [-0.2, 0) is 4.79 Å². The van der Waals surface area contributed by atoms with Crippen LogP contribution < -0.4 is 4.74 Å². The molecule has 4 nitrogen and oxygen atoms in total. The van der Waals surface area contributed by atoms with E-state index in [0.717, 1.165) is 0 Å². The first-order chi connectivity index (χ1) is 7.91. The molecule has 0 bridgehead atoms. The van der Waals surface area contributed by atoms with E-state index >= 15 is 0 Å². The lowest BCUT2D eigenvalue weighted by atomic mass is 10.0. The van der Waals surface area contributed by atoms with E-state index in [1.165, 1.54) is 12.1 Å². The van der Waals surface area contributed by atoms with Gasteiger partial charge in [-0.15, -0.1) is 0 Å². The van der Waals surface area contributed by atoms with Crippen molar-refractivity contribution in [1.82, 2.24) is 0 Å². The Labute approximate surface area is 104 Å². The molecule has 0 amide bonds. The second kappa shape index (κ2) is 5.68. The molecule has 0 radical (unpaired) electrons. The molecule has 0 saturated heterocycles. The Kier molecular flexibility index (Phi) is 4.52. The Balaban J connectivity index is 2.86. The number of carbonyl (C=O) groups is 2. The average molecular weight is 257 g/mol. The maximum atomic E-state index is 11.7. The molecule has 0 aliphatic heterocycles. The number of ketones is 1. The highest BCUT2D eigenvalue weighted by molar-refractivity contribution is 6.34. The average Bonchev–Trinajstić information content (AvgIpc) is 2.25. The van der Waals surface area contributed by atoms with Crippen molar-refractivity contribution in [3.8, 4) is 5.75 Å². The zero-order chi connectivity index (χ0) is 13.0. The second-order valence-corrected chi connectivity index (χ2v) is 4.25. The van der Waals surface area contributed by atoms with E-state index in [2.05, 4.69) is 0 Å². The van der Waals surface area contributed by atoms with Gasteiger partial charge in [0.2, 0.25) is 0 Å². The van der Waals surface area contributed by atoms with Crippen molar-refractivity contribution in [3.05, 3.63) is 28.8 Å². The van der Waals surface area contributed by atoms with Crippen molar-refractivity contribution < 1.29 is 19.4 Å². The molecule has 1 N–H and O–H groups in total. The van der Waals surface area contributed by atoms with Gasteiger partial charge in [-0.2, -0.15) is 0 Å². The van der Waals surface area contributed by atoms with Gasteiger partial charge in [0.1, 0.15) is 5.75 Å². The lowest BCUT2D eigenvalue weighted by Gasteiger charge is -2.08. The standard InChI is InChI=1S/C12H13ClO4/c1-7(2)12(16)9-4-3-8(5-10(9)13)17-6-11(14)15/h3-5,7H,6H2,1-2H3,(H,14,15). The number of carboxylic acids is 1. The summed E-state index contributed by atoms with van der Waals surface area (Å²) in [7, 11) is 0. The Morgan fingerprint density at radius 2 is 2.06 bits per heavy atom. The van der Waals surface area contributed by atoms with E-state index < -0.39 is 12.6 Å². The van der Waals surface area contributed by atoms with E-state index in [1.807, 2.05) is 0 Å². The molecule has 1 aromatic carbocycles. The summed E-state index contributed by atoms with van der Waals surface area (Å²) in [6.45, 7) is 3.13. The zero-order valence-corrected chi connectivity index (χ0v) is 10.3. The Bertz CT molecular complexity index is 440. The molecule has 0 saturated carbocycles. The molecule has 0 unspecified atom stereocenters. The summed E-state index contributed by atoms with van der Waals surface area (Å²) in [6, 6.07) is 4.52.